The van der Waals surface area contributed by atoms with Gasteiger partial charge in [-0.05, 0) is 12.8 Å². The number of aromatic nitrogens is 3. The summed E-state index contributed by atoms with van der Waals surface area (Å²) >= 11 is 1.41. The molecule has 1 N–H and O–H groups in total. The fourth-order valence-corrected chi connectivity index (χ4v) is 2.82. The molecule has 0 unspecified atom stereocenters. The maximum atomic E-state index is 12.1. The van der Waals surface area contributed by atoms with Gasteiger partial charge in [0.15, 0.2) is 5.13 Å². The van der Waals surface area contributed by atoms with Crippen LogP contribution >= 0.6 is 11.3 Å². The van der Waals surface area contributed by atoms with E-state index in [-0.39, 0.29) is 6.03 Å². The Morgan fingerprint density at radius 2 is 2.25 bits per heavy atom. The monoisotopic (exact) mass is 287 g/mol. The molecule has 102 valence electrons. The Hall–Kier alpha value is -2.02. The maximum absolute atomic E-state index is 12.1. The molecule has 1 aliphatic heterocycles. The maximum Gasteiger partial charge on any atom is 0.324 e. The molecule has 0 radical (unpaired) electrons. The highest BCUT2D eigenvalue weighted by molar-refractivity contribution is 7.13. The molecule has 0 saturated heterocycles. The fraction of sp³-hybridized carbons (Fsp3) is 0.385. The van der Waals surface area contributed by atoms with Crippen molar-refractivity contribution in [2.45, 2.75) is 31.8 Å². The van der Waals surface area contributed by atoms with Gasteiger partial charge in [0.25, 0.3) is 0 Å². The molecular weight excluding hydrogens is 274 g/mol. The number of fused-ring (bicyclic) bond motifs is 1. The number of carbonyl (C=O) groups excluding carboxylic acids is 1. The Bertz CT molecular complexity index is 653. The van der Waals surface area contributed by atoms with Gasteiger partial charge in [-0.25, -0.2) is 19.7 Å². The van der Waals surface area contributed by atoms with Crippen LogP contribution in [0.2, 0.25) is 0 Å². The highest BCUT2D eigenvalue weighted by Crippen LogP contribution is 2.38. The standard InChI is InChI=1S/C13H13N5OS/c19-13(17-12-14-3-4-20-12)18-6-9-5-15-11(8-1-2-8)16-10(9)7-18/h3-5,8H,1-2,6-7H2,(H,14,17,19). The summed E-state index contributed by atoms with van der Waals surface area (Å²) in [5.41, 5.74) is 2.03. The molecule has 1 saturated carbocycles. The number of amides is 2. The molecule has 0 spiro atoms. The summed E-state index contributed by atoms with van der Waals surface area (Å²) in [6.07, 6.45) is 5.92. The summed E-state index contributed by atoms with van der Waals surface area (Å²) in [6, 6.07) is -0.133. The molecule has 4 rings (SSSR count). The normalized spacial score (nSPS) is 17.1. The van der Waals surface area contributed by atoms with Gasteiger partial charge < -0.3 is 4.90 Å². The quantitative estimate of drug-likeness (QED) is 0.920. The zero-order valence-corrected chi connectivity index (χ0v) is 11.6. The van der Waals surface area contributed by atoms with Crippen LogP contribution in [0.25, 0.3) is 0 Å². The van der Waals surface area contributed by atoms with E-state index < -0.39 is 0 Å². The molecule has 0 atom stereocenters. The van der Waals surface area contributed by atoms with Crippen LogP contribution in [-0.4, -0.2) is 25.9 Å². The Morgan fingerprint density at radius 3 is 3.00 bits per heavy atom. The zero-order chi connectivity index (χ0) is 13.5. The first-order valence-corrected chi connectivity index (χ1v) is 7.47. The van der Waals surface area contributed by atoms with Crippen LogP contribution in [0.1, 0.15) is 35.8 Å². The number of nitrogens with zero attached hydrogens (tertiary/aromatic N) is 4. The van der Waals surface area contributed by atoms with Crippen LogP contribution in [-0.2, 0) is 13.1 Å². The van der Waals surface area contributed by atoms with E-state index in [2.05, 4.69) is 20.3 Å². The van der Waals surface area contributed by atoms with Crippen molar-refractivity contribution in [2.24, 2.45) is 0 Å². The van der Waals surface area contributed by atoms with Crippen molar-refractivity contribution in [3.05, 3.63) is 34.9 Å². The van der Waals surface area contributed by atoms with Crippen molar-refractivity contribution < 1.29 is 4.79 Å². The minimum absolute atomic E-state index is 0.133. The lowest BCUT2D eigenvalue weighted by molar-refractivity contribution is 0.212. The summed E-state index contributed by atoms with van der Waals surface area (Å²) in [6.45, 7) is 1.12. The lowest BCUT2D eigenvalue weighted by Gasteiger charge is -2.14. The Morgan fingerprint density at radius 1 is 1.35 bits per heavy atom. The van der Waals surface area contributed by atoms with Crippen LogP contribution in [0.4, 0.5) is 9.93 Å². The van der Waals surface area contributed by atoms with Crippen molar-refractivity contribution in [3.63, 3.8) is 0 Å². The molecule has 3 heterocycles. The summed E-state index contributed by atoms with van der Waals surface area (Å²) in [7, 11) is 0. The Kier molecular flexibility index (Phi) is 2.66. The molecule has 20 heavy (non-hydrogen) atoms. The highest BCUT2D eigenvalue weighted by Gasteiger charge is 2.30. The van der Waals surface area contributed by atoms with Gasteiger partial charge in [0.05, 0.1) is 18.8 Å². The molecule has 6 nitrogen and oxygen atoms in total. The first-order chi connectivity index (χ1) is 9.79. The van der Waals surface area contributed by atoms with Gasteiger partial charge in [0, 0.05) is 29.3 Å². The van der Waals surface area contributed by atoms with E-state index in [0.29, 0.717) is 24.1 Å². The number of nitrogens with one attached hydrogen (secondary N) is 1. The molecular formula is C13H13N5OS. The van der Waals surface area contributed by atoms with Crippen LogP contribution in [0, 0.1) is 0 Å². The summed E-state index contributed by atoms with van der Waals surface area (Å²) in [4.78, 5) is 26.9. The first kappa shape index (κ1) is 11.8. The Balaban J connectivity index is 1.48. The van der Waals surface area contributed by atoms with E-state index >= 15 is 0 Å². The highest BCUT2D eigenvalue weighted by atomic mass is 32.1. The van der Waals surface area contributed by atoms with E-state index in [0.717, 1.165) is 17.1 Å². The average Bonchev–Trinajstić information content (AvgIpc) is 3.01. The molecule has 0 aromatic carbocycles. The third kappa shape index (κ3) is 2.14. The lowest BCUT2D eigenvalue weighted by atomic mass is 10.2. The second-order valence-corrected chi connectivity index (χ2v) is 5.99. The van der Waals surface area contributed by atoms with Crippen LogP contribution in [0.3, 0.4) is 0 Å². The van der Waals surface area contributed by atoms with Crippen LogP contribution in [0.5, 0.6) is 0 Å². The van der Waals surface area contributed by atoms with E-state index in [1.807, 2.05) is 11.6 Å². The SMILES string of the molecule is O=C(Nc1nccs1)N1Cc2cnc(C3CC3)nc2C1. The zero-order valence-electron chi connectivity index (χ0n) is 10.7. The fourth-order valence-electron chi connectivity index (χ4n) is 2.31. The van der Waals surface area contributed by atoms with Gasteiger partial charge in [-0.15, -0.1) is 11.3 Å². The summed E-state index contributed by atoms with van der Waals surface area (Å²) in [5.74, 6) is 1.48. The topological polar surface area (TPSA) is 71.0 Å². The number of thiazole rings is 1. The van der Waals surface area contributed by atoms with E-state index in [4.69, 9.17) is 0 Å². The third-order valence-electron chi connectivity index (χ3n) is 3.55. The number of hydrogen-bond acceptors (Lipinski definition) is 5. The first-order valence-electron chi connectivity index (χ1n) is 6.60. The molecule has 7 heteroatoms. The van der Waals surface area contributed by atoms with Gasteiger partial charge in [0.1, 0.15) is 5.82 Å². The van der Waals surface area contributed by atoms with Crippen molar-refractivity contribution in [1.82, 2.24) is 19.9 Å². The third-order valence-corrected chi connectivity index (χ3v) is 4.24. The molecule has 2 aromatic heterocycles. The van der Waals surface area contributed by atoms with Gasteiger partial charge >= 0.3 is 6.03 Å². The van der Waals surface area contributed by atoms with Crippen LogP contribution < -0.4 is 5.32 Å². The van der Waals surface area contributed by atoms with E-state index in [1.54, 1.807) is 11.1 Å². The summed E-state index contributed by atoms with van der Waals surface area (Å²) in [5, 5.41) is 5.25. The molecule has 2 aliphatic rings. The largest absolute Gasteiger partial charge is 0.324 e. The molecule has 1 fully saturated rings. The van der Waals surface area contributed by atoms with Crippen molar-refractivity contribution in [1.29, 1.82) is 0 Å². The molecule has 2 aromatic rings. The van der Waals surface area contributed by atoms with Crippen molar-refractivity contribution in [2.75, 3.05) is 5.32 Å². The minimum Gasteiger partial charge on any atom is -0.314 e. The van der Waals surface area contributed by atoms with E-state index in [9.17, 15) is 4.79 Å². The molecule has 1 aliphatic carbocycles. The average molecular weight is 287 g/mol. The van der Waals surface area contributed by atoms with Crippen molar-refractivity contribution >= 4 is 22.5 Å². The smallest absolute Gasteiger partial charge is 0.314 e. The predicted octanol–water partition coefficient (Wildman–Crippen LogP) is 2.36. The molecule has 0 bridgehead atoms. The van der Waals surface area contributed by atoms with Crippen molar-refractivity contribution in [3.8, 4) is 0 Å². The number of rotatable bonds is 2. The summed E-state index contributed by atoms with van der Waals surface area (Å²) < 4.78 is 0. The van der Waals surface area contributed by atoms with Gasteiger partial charge in [-0.2, -0.15) is 0 Å². The number of urea groups is 1. The second kappa shape index (κ2) is 4.52. The van der Waals surface area contributed by atoms with Gasteiger partial charge in [-0.3, -0.25) is 5.32 Å². The van der Waals surface area contributed by atoms with E-state index in [1.165, 1.54) is 24.2 Å². The van der Waals surface area contributed by atoms with Crippen LogP contribution in [0.15, 0.2) is 17.8 Å². The number of anilines is 1. The lowest BCUT2D eigenvalue weighted by Crippen LogP contribution is -2.30. The number of carbonyl (C=O) groups is 1. The minimum atomic E-state index is -0.133. The van der Waals surface area contributed by atoms with Gasteiger partial charge in [-0.1, -0.05) is 0 Å². The second-order valence-electron chi connectivity index (χ2n) is 5.10. The predicted molar refractivity (Wildman–Crippen MR) is 74.4 cm³/mol. The molecule has 2 amide bonds. The van der Waals surface area contributed by atoms with Gasteiger partial charge in [0.2, 0.25) is 0 Å². The number of hydrogen-bond donors (Lipinski definition) is 1. The Labute approximate surface area is 119 Å².